The van der Waals surface area contributed by atoms with Gasteiger partial charge in [-0.15, -0.1) is 5.10 Å². The van der Waals surface area contributed by atoms with E-state index >= 15 is 0 Å². The molecule has 1 heterocycles. The summed E-state index contributed by atoms with van der Waals surface area (Å²) in [4.78, 5) is 12.0. The molecular formula is C22H38N4O2. The van der Waals surface area contributed by atoms with Crippen LogP contribution in [-0.2, 0) is 24.1 Å². The van der Waals surface area contributed by atoms with Gasteiger partial charge in [-0.1, -0.05) is 44.7 Å². The summed E-state index contributed by atoms with van der Waals surface area (Å²) in [6.45, 7) is 8.85. The molecule has 28 heavy (non-hydrogen) atoms. The maximum Gasteiger partial charge on any atom is 0.407 e. The maximum absolute atomic E-state index is 12.0. The van der Waals surface area contributed by atoms with Crippen LogP contribution in [0.25, 0.3) is 0 Å². The quantitative estimate of drug-likeness (QED) is 0.602. The van der Waals surface area contributed by atoms with Crippen LogP contribution in [0.4, 0.5) is 4.79 Å². The molecule has 3 unspecified atom stereocenters. The number of carbonyl (C=O) groups excluding carboxylic acids is 1. The Bertz CT molecular complexity index is 628. The lowest BCUT2D eigenvalue weighted by Crippen LogP contribution is -2.26. The van der Waals surface area contributed by atoms with Crippen molar-refractivity contribution in [2.24, 2.45) is 23.7 Å². The zero-order valence-corrected chi connectivity index (χ0v) is 18.0. The molecule has 0 saturated heterocycles. The van der Waals surface area contributed by atoms with Gasteiger partial charge in [0.1, 0.15) is 0 Å². The molecule has 2 aliphatic rings. The highest BCUT2D eigenvalue weighted by Gasteiger charge is 2.50. The lowest BCUT2D eigenvalue weighted by atomic mass is 10.0. The van der Waals surface area contributed by atoms with Crippen LogP contribution in [0.15, 0.2) is 0 Å². The van der Waals surface area contributed by atoms with E-state index in [0.29, 0.717) is 24.4 Å². The third kappa shape index (κ3) is 5.71. The molecule has 1 aromatic heterocycles. The molecule has 0 aliphatic heterocycles. The van der Waals surface area contributed by atoms with E-state index in [-0.39, 0.29) is 6.09 Å². The van der Waals surface area contributed by atoms with Crippen molar-refractivity contribution in [3.63, 3.8) is 0 Å². The highest BCUT2D eigenvalue weighted by Crippen LogP contribution is 2.52. The number of nitrogens with zero attached hydrogens (tertiary/aromatic N) is 3. The molecular weight excluding hydrogens is 352 g/mol. The van der Waals surface area contributed by atoms with E-state index in [1.165, 1.54) is 37.1 Å². The van der Waals surface area contributed by atoms with Crippen LogP contribution >= 0.6 is 0 Å². The smallest absolute Gasteiger partial charge is 0.407 e. The fraction of sp³-hybridized carbons (Fsp3) is 0.864. The van der Waals surface area contributed by atoms with Crippen LogP contribution in [0, 0.1) is 23.7 Å². The summed E-state index contributed by atoms with van der Waals surface area (Å²) in [5.41, 5.74) is 2.50. The summed E-state index contributed by atoms with van der Waals surface area (Å²) in [6, 6.07) is 0. The van der Waals surface area contributed by atoms with Crippen molar-refractivity contribution in [3.05, 3.63) is 11.4 Å². The Morgan fingerprint density at radius 3 is 2.68 bits per heavy atom. The molecule has 0 aromatic carbocycles. The van der Waals surface area contributed by atoms with E-state index in [1.807, 2.05) is 4.68 Å². The Morgan fingerprint density at radius 1 is 1.18 bits per heavy atom. The van der Waals surface area contributed by atoms with E-state index < -0.39 is 0 Å². The number of ether oxygens (including phenoxy) is 1. The third-order valence-corrected chi connectivity index (χ3v) is 6.54. The number of hydrogen-bond donors (Lipinski definition) is 1. The number of alkyl carbamates (subject to hydrolysis) is 1. The normalized spacial score (nSPS) is 23.5. The summed E-state index contributed by atoms with van der Waals surface area (Å²) >= 11 is 0. The molecule has 1 aromatic rings. The van der Waals surface area contributed by atoms with Crippen molar-refractivity contribution >= 4 is 6.09 Å². The molecule has 6 heteroatoms. The average Bonchev–Trinajstić information content (AvgIpc) is 3.16. The Balaban J connectivity index is 1.28. The zero-order valence-electron chi connectivity index (χ0n) is 18.0. The molecule has 1 saturated carbocycles. The standard InChI is InChI=1S/C22H38N4O2/c1-4-26-21-13-11-18-17(10-12-20(21)24-25-26)19(18)15-28-22(27)23-14-8-6-5-7-9-16(2)3/h16-19H,4-15H2,1-3H3,(H,23,27). The van der Waals surface area contributed by atoms with Gasteiger partial charge in [0.15, 0.2) is 0 Å². The van der Waals surface area contributed by atoms with Gasteiger partial charge < -0.3 is 10.1 Å². The van der Waals surface area contributed by atoms with Crippen molar-refractivity contribution in [2.75, 3.05) is 13.2 Å². The van der Waals surface area contributed by atoms with Gasteiger partial charge in [0.2, 0.25) is 0 Å². The number of fused-ring (bicyclic) bond motifs is 2. The average molecular weight is 391 g/mol. The van der Waals surface area contributed by atoms with Gasteiger partial charge in [-0.3, -0.25) is 0 Å². The second-order valence-electron chi connectivity index (χ2n) is 8.99. The van der Waals surface area contributed by atoms with Crippen LogP contribution in [-0.4, -0.2) is 34.2 Å². The Labute approximate surface area is 169 Å². The fourth-order valence-electron chi connectivity index (χ4n) is 4.77. The number of unbranched alkanes of at least 4 members (excludes halogenated alkanes) is 3. The van der Waals surface area contributed by atoms with Gasteiger partial charge in [0.05, 0.1) is 18.0 Å². The van der Waals surface area contributed by atoms with Gasteiger partial charge in [-0.2, -0.15) is 0 Å². The van der Waals surface area contributed by atoms with Crippen molar-refractivity contribution in [1.29, 1.82) is 0 Å². The number of amides is 1. The minimum Gasteiger partial charge on any atom is -0.449 e. The number of nitrogens with one attached hydrogen (secondary N) is 1. The van der Waals surface area contributed by atoms with Gasteiger partial charge >= 0.3 is 6.09 Å². The zero-order chi connectivity index (χ0) is 19.9. The highest BCUT2D eigenvalue weighted by molar-refractivity contribution is 5.67. The molecule has 3 rings (SSSR count). The maximum atomic E-state index is 12.0. The minimum atomic E-state index is -0.243. The summed E-state index contributed by atoms with van der Waals surface area (Å²) < 4.78 is 7.56. The second kappa shape index (κ2) is 10.3. The molecule has 1 fully saturated rings. The molecule has 0 bridgehead atoms. The Hall–Kier alpha value is -1.59. The summed E-state index contributed by atoms with van der Waals surface area (Å²) in [7, 11) is 0. The lowest BCUT2D eigenvalue weighted by Gasteiger charge is -2.09. The molecule has 158 valence electrons. The van der Waals surface area contributed by atoms with Crippen LogP contribution in [0.2, 0.25) is 0 Å². The number of aryl methyl sites for hydroxylation is 2. The molecule has 2 aliphatic carbocycles. The first kappa shape index (κ1) is 21.1. The first-order chi connectivity index (χ1) is 13.6. The predicted octanol–water partition coefficient (Wildman–Crippen LogP) is 4.37. The van der Waals surface area contributed by atoms with Crippen molar-refractivity contribution < 1.29 is 9.53 Å². The summed E-state index contributed by atoms with van der Waals surface area (Å²) in [6.07, 6.45) is 10.2. The third-order valence-electron chi connectivity index (χ3n) is 6.54. The lowest BCUT2D eigenvalue weighted by molar-refractivity contribution is 0.137. The first-order valence-corrected chi connectivity index (χ1v) is 11.4. The number of aromatic nitrogens is 3. The Kier molecular flexibility index (Phi) is 7.74. The number of rotatable bonds is 10. The number of carbonyl (C=O) groups is 1. The van der Waals surface area contributed by atoms with Crippen molar-refractivity contribution in [2.45, 2.75) is 85.1 Å². The van der Waals surface area contributed by atoms with Crippen LogP contribution in [0.3, 0.4) is 0 Å². The van der Waals surface area contributed by atoms with Crippen molar-refractivity contribution in [1.82, 2.24) is 20.3 Å². The topological polar surface area (TPSA) is 69.0 Å². The molecule has 3 atom stereocenters. The van der Waals surface area contributed by atoms with Gasteiger partial charge in [-0.25, -0.2) is 9.48 Å². The fourth-order valence-corrected chi connectivity index (χ4v) is 4.77. The Morgan fingerprint density at radius 2 is 1.93 bits per heavy atom. The van der Waals surface area contributed by atoms with E-state index in [4.69, 9.17) is 4.74 Å². The van der Waals surface area contributed by atoms with Gasteiger partial charge in [-0.05, 0) is 62.7 Å². The molecule has 0 radical (unpaired) electrons. The second-order valence-corrected chi connectivity index (χ2v) is 8.99. The van der Waals surface area contributed by atoms with Gasteiger partial charge in [0.25, 0.3) is 0 Å². The highest BCUT2D eigenvalue weighted by atomic mass is 16.5. The van der Waals surface area contributed by atoms with Crippen LogP contribution in [0.5, 0.6) is 0 Å². The van der Waals surface area contributed by atoms with Crippen LogP contribution in [0.1, 0.15) is 77.1 Å². The van der Waals surface area contributed by atoms with E-state index in [1.54, 1.807) is 0 Å². The molecule has 0 spiro atoms. The summed E-state index contributed by atoms with van der Waals surface area (Å²) in [5, 5.41) is 11.5. The van der Waals surface area contributed by atoms with Gasteiger partial charge in [0, 0.05) is 13.1 Å². The largest absolute Gasteiger partial charge is 0.449 e. The SMILES string of the molecule is CCn1nnc2c1CCC1C(CC2)C1COC(=O)NCCCCCCC(C)C. The minimum absolute atomic E-state index is 0.243. The van der Waals surface area contributed by atoms with E-state index in [2.05, 4.69) is 36.4 Å². The summed E-state index contributed by atoms with van der Waals surface area (Å²) in [5.74, 6) is 2.71. The number of hydrogen-bond acceptors (Lipinski definition) is 4. The van der Waals surface area contributed by atoms with E-state index in [0.717, 1.165) is 51.1 Å². The van der Waals surface area contributed by atoms with Crippen molar-refractivity contribution in [3.8, 4) is 0 Å². The molecule has 6 nitrogen and oxygen atoms in total. The van der Waals surface area contributed by atoms with Crippen LogP contribution < -0.4 is 5.32 Å². The predicted molar refractivity (Wildman–Crippen MR) is 110 cm³/mol. The molecule has 1 N–H and O–H groups in total. The monoisotopic (exact) mass is 390 g/mol. The first-order valence-electron chi connectivity index (χ1n) is 11.4. The molecule has 1 amide bonds. The van der Waals surface area contributed by atoms with E-state index in [9.17, 15) is 4.79 Å².